The van der Waals surface area contributed by atoms with Crippen LogP contribution in [0.25, 0.3) is 0 Å². The van der Waals surface area contributed by atoms with Gasteiger partial charge in [0.15, 0.2) is 0 Å². The van der Waals surface area contributed by atoms with E-state index in [1.807, 2.05) is 0 Å². The van der Waals surface area contributed by atoms with Gasteiger partial charge < -0.3 is 15.0 Å². The Balaban J connectivity index is 1.80. The Morgan fingerprint density at radius 1 is 1.38 bits per heavy atom. The maximum Gasteiger partial charge on any atom is 0.111 e. The predicted octanol–water partition coefficient (Wildman–Crippen LogP) is 1.00. The van der Waals surface area contributed by atoms with Gasteiger partial charge in [0, 0.05) is 19.2 Å². The van der Waals surface area contributed by atoms with E-state index in [4.69, 9.17) is 0 Å². The van der Waals surface area contributed by atoms with E-state index in [0.29, 0.717) is 12.5 Å². The Kier molecular flexibility index (Phi) is 2.69. The van der Waals surface area contributed by atoms with Crippen molar-refractivity contribution in [1.29, 1.82) is 0 Å². The molecule has 3 heterocycles. The molecule has 0 bridgehead atoms. The van der Waals surface area contributed by atoms with Crippen LogP contribution in [0, 0.1) is 0 Å². The third-order valence-electron chi connectivity index (χ3n) is 3.67. The third kappa shape index (κ3) is 1.87. The number of hydrogen-bond donors (Lipinski definition) is 2. The standard InChI is InChI=1S/C12H19N3O/c16-9-4-6-15-8-11(14-12(15)7-9)10-3-1-2-5-13-10/h8-10,13,16H,1-7H2. The van der Waals surface area contributed by atoms with Crippen LogP contribution in [-0.4, -0.2) is 27.3 Å². The van der Waals surface area contributed by atoms with Gasteiger partial charge in [0.25, 0.3) is 0 Å². The van der Waals surface area contributed by atoms with Crippen LogP contribution in [0.5, 0.6) is 0 Å². The summed E-state index contributed by atoms with van der Waals surface area (Å²) in [7, 11) is 0. The number of piperidine rings is 1. The van der Waals surface area contributed by atoms with Gasteiger partial charge in [-0.15, -0.1) is 0 Å². The average molecular weight is 221 g/mol. The van der Waals surface area contributed by atoms with E-state index in [-0.39, 0.29) is 6.10 Å². The van der Waals surface area contributed by atoms with Gasteiger partial charge in [-0.1, -0.05) is 6.42 Å². The van der Waals surface area contributed by atoms with Crippen molar-refractivity contribution in [2.75, 3.05) is 6.54 Å². The zero-order valence-corrected chi connectivity index (χ0v) is 9.52. The fourth-order valence-corrected chi connectivity index (χ4v) is 2.71. The van der Waals surface area contributed by atoms with Crippen molar-refractivity contribution in [2.45, 2.75) is 50.8 Å². The molecule has 2 unspecified atom stereocenters. The minimum atomic E-state index is -0.193. The molecule has 0 aromatic carbocycles. The summed E-state index contributed by atoms with van der Waals surface area (Å²) in [6.07, 6.45) is 7.32. The summed E-state index contributed by atoms with van der Waals surface area (Å²) in [6, 6.07) is 0.434. The monoisotopic (exact) mass is 221 g/mol. The lowest BCUT2D eigenvalue weighted by Crippen LogP contribution is -2.27. The number of nitrogens with one attached hydrogen (secondary N) is 1. The molecule has 2 N–H and O–H groups in total. The van der Waals surface area contributed by atoms with Crippen molar-refractivity contribution < 1.29 is 5.11 Å². The van der Waals surface area contributed by atoms with Gasteiger partial charge in [-0.3, -0.25) is 0 Å². The van der Waals surface area contributed by atoms with E-state index in [2.05, 4.69) is 21.1 Å². The van der Waals surface area contributed by atoms with E-state index >= 15 is 0 Å². The van der Waals surface area contributed by atoms with Crippen LogP contribution in [0.4, 0.5) is 0 Å². The Morgan fingerprint density at radius 3 is 3.12 bits per heavy atom. The van der Waals surface area contributed by atoms with Gasteiger partial charge in [-0.25, -0.2) is 4.98 Å². The maximum atomic E-state index is 9.61. The molecule has 3 rings (SSSR count). The zero-order valence-electron chi connectivity index (χ0n) is 9.52. The molecule has 4 nitrogen and oxygen atoms in total. The fraction of sp³-hybridized carbons (Fsp3) is 0.750. The number of rotatable bonds is 1. The van der Waals surface area contributed by atoms with Crippen LogP contribution in [0.2, 0.25) is 0 Å². The van der Waals surface area contributed by atoms with E-state index in [1.54, 1.807) is 0 Å². The van der Waals surface area contributed by atoms with Crippen molar-refractivity contribution >= 4 is 0 Å². The lowest BCUT2D eigenvalue weighted by atomic mass is 10.0. The number of aromatic nitrogens is 2. The lowest BCUT2D eigenvalue weighted by molar-refractivity contribution is 0.141. The summed E-state index contributed by atoms with van der Waals surface area (Å²) >= 11 is 0. The Labute approximate surface area is 95.7 Å². The Morgan fingerprint density at radius 2 is 2.31 bits per heavy atom. The van der Waals surface area contributed by atoms with Gasteiger partial charge in [0.05, 0.1) is 17.8 Å². The quantitative estimate of drug-likeness (QED) is 0.744. The molecule has 1 aromatic heterocycles. The number of aryl methyl sites for hydroxylation is 1. The number of nitrogens with zero attached hydrogens (tertiary/aromatic N) is 2. The van der Waals surface area contributed by atoms with E-state index < -0.39 is 0 Å². The highest BCUT2D eigenvalue weighted by Crippen LogP contribution is 2.24. The molecule has 1 fully saturated rings. The molecule has 4 heteroatoms. The molecule has 0 saturated carbocycles. The summed E-state index contributed by atoms with van der Waals surface area (Å²) < 4.78 is 2.21. The van der Waals surface area contributed by atoms with Gasteiger partial charge in [-0.2, -0.15) is 0 Å². The molecule has 2 aliphatic heterocycles. The zero-order chi connectivity index (χ0) is 11.0. The summed E-state index contributed by atoms with van der Waals surface area (Å²) in [5.41, 5.74) is 1.17. The van der Waals surface area contributed by atoms with Crippen molar-refractivity contribution in [3.8, 4) is 0 Å². The smallest absolute Gasteiger partial charge is 0.111 e. The molecule has 0 aliphatic carbocycles. The first kappa shape index (κ1) is 10.3. The van der Waals surface area contributed by atoms with E-state index in [9.17, 15) is 5.11 Å². The molecule has 16 heavy (non-hydrogen) atoms. The normalized spacial score (nSPS) is 30.1. The molecular formula is C12H19N3O. The van der Waals surface area contributed by atoms with E-state index in [0.717, 1.165) is 25.3 Å². The predicted molar refractivity (Wildman–Crippen MR) is 61.1 cm³/mol. The largest absolute Gasteiger partial charge is 0.393 e. The number of fused-ring (bicyclic) bond motifs is 1. The first-order chi connectivity index (χ1) is 7.83. The highest BCUT2D eigenvalue weighted by molar-refractivity contribution is 5.12. The van der Waals surface area contributed by atoms with Gasteiger partial charge in [-0.05, 0) is 25.8 Å². The first-order valence-corrected chi connectivity index (χ1v) is 6.30. The van der Waals surface area contributed by atoms with Gasteiger partial charge in [0.2, 0.25) is 0 Å². The molecule has 0 radical (unpaired) electrons. The second-order valence-electron chi connectivity index (χ2n) is 4.92. The number of hydrogen-bond acceptors (Lipinski definition) is 3. The molecule has 88 valence electrons. The Hall–Kier alpha value is -0.870. The molecular weight excluding hydrogens is 202 g/mol. The van der Waals surface area contributed by atoms with Crippen molar-refractivity contribution in [3.63, 3.8) is 0 Å². The van der Waals surface area contributed by atoms with Crippen LogP contribution in [0.3, 0.4) is 0 Å². The summed E-state index contributed by atoms with van der Waals surface area (Å²) in [4.78, 5) is 4.67. The lowest BCUT2D eigenvalue weighted by Gasteiger charge is -2.21. The van der Waals surface area contributed by atoms with E-state index in [1.165, 1.54) is 25.0 Å². The van der Waals surface area contributed by atoms with Crippen molar-refractivity contribution in [3.05, 3.63) is 17.7 Å². The highest BCUT2D eigenvalue weighted by Gasteiger charge is 2.23. The third-order valence-corrected chi connectivity index (χ3v) is 3.67. The van der Waals surface area contributed by atoms with Crippen LogP contribution >= 0.6 is 0 Å². The molecule has 1 saturated heterocycles. The molecule has 2 aliphatic rings. The topological polar surface area (TPSA) is 50.1 Å². The van der Waals surface area contributed by atoms with Gasteiger partial charge in [0.1, 0.15) is 5.82 Å². The van der Waals surface area contributed by atoms with Crippen LogP contribution in [-0.2, 0) is 13.0 Å². The minimum absolute atomic E-state index is 0.193. The SMILES string of the molecule is OC1CCn2cc(C3CCCCN3)nc2C1. The summed E-state index contributed by atoms with van der Waals surface area (Å²) in [5.74, 6) is 1.06. The number of aliphatic hydroxyl groups is 1. The highest BCUT2D eigenvalue weighted by atomic mass is 16.3. The van der Waals surface area contributed by atoms with Crippen LogP contribution in [0.1, 0.15) is 43.2 Å². The van der Waals surface area contributed by atoms with Gasteiger partial charge >= 0.3 is 0 Å². The first-order valence-electron chi connectivity index (χ1n) is 6.30. The molecule has 0 spiro atoms. The summed E-state index contributed by atoms with van der Waals surface area (Å²) in [5, 5.41) is 13.1. The average Bonchev–Trinajstić information content (AvgIpc) is 2.73. The van der Waals surface area contributed by atoms with Crippen molar-refractivity contribution in [1.82, 2.24) is 14.9 Å². The van der Waals surface area contributed by atoms with Crippen LogP contribution in [0.15, 0.2) is 6.20 Å². The minimum Gasteiger partial charge on any atom is -0.393 e. The number of imidazole rings is 1. The maximum absolute atomic E-state index is 9.61. The molecule has 2 atom stereocenters. The summed E-state index contributed by atoms with van der Waals surface area (Å²) in [6.45, 7) is 2.02. The molecule has 1 aromatic rings. The molecule has 0 amide bonds. The van der Waals surface area contributed by atoms with Crippen molar-refractivity contribution in [2.24, 2.45) is 0 Å². The number of aliphatic hydroxyl groups excluding tert-OH is 1. The Bertz CT molecular complexity index is 368. The van der Waals surface area contributed by atoms with Crippen LogP contribution < -0.4 is 5.32 Å². The second kappa shape index (κ2) is 4.18. The fourth-order valence-electron chi connectivity index (χ4n) is 2.71. The second-order valence-corrected chi connectivity index (χ2v) is 4.92.